The van der Waals surface area contributed by atoms with Crippen LogP contribution in [-0.2, 0) is 18.4 Å². The van der Waals surface area contributed by atoms with Gasteiger partial charge in [0.15, 0.2) is 0 Å². The second-order valence-electron chi connectivity index (χ2n) is 5.68. The molecule has 0 aliphatic carbocycles. The first-order valence-corrected chi connectivity index (χ1v) is 7.66. The van der Waals surface area contributed by atoms with E-state index in [4.69, 9.17) is 4.74 Å². The van der Waals surface area contributed by atoms with Crippen molar-refractivity contribution in [3.63, 3.8) is 0 Å². The first-order valence-electron chi connectivity index (χ1n) is 7.66. The fraction of sp³-hybridized carbons (Fsp3) is 0.200. The molecule has 0 saturated heterocycles. The summed E-state index contributed by atoms with van der Waals surface area (Å²) in [4.78, 5) is 16.9. The molecule has 0 fully saturated rings. The van der Waals surface area contributed by atoms with Gasteiger partial charge in [-0.2, -0.15) is 0 Å². The quantitative estimate of drug-likeness (QED) is 0.683. The second-order valence-corrected chi connectivity index (χ2v) is 5.68. The van der Waals surface area contributed by atoms with Gasteiger partial charge in [0.2, 0.25) is 0 Å². The molecular formula is C20H18N2O2. The number of methoxy groups -OCH3 is 1. The summed E-state index contributed by atoms with van der Waals surface area (Å²) in [5.41, 5.74) is 3.53. The molecule has 0 atom stereocenters. The molecule has 0 aliphatic heterocycles. The Balaban J connectivity index is 2.05. The molecule has 1 heterocycles. The number of rotatable bonds is 2. The number of hydrogen-bond donors (Lipinski definition) is 0. The van der Waals surface area contributed by atoms with E-state index in [-0.39, 0.29) is 5.56 Å². The van der Waals surface area contributed by atoms with Gasteiger partial charge in [-0.1, -0.05) is 24.0 Å². The minimum Gasteiger partial charge on any atom is -0.377 e. The van der Waals surface area contributed by atoms with E-state index in [1.807, 2.05) is 43.3 Å². The van der Waals surface area contributed by atoms with Crippen LogP contribution in [0.4, 0.5) is 0 Å². The maximum atomic E-state index is 12.4. The van der Waals surface area contributed by atoms with Crippen molar-refractivity contribution >= 4 is 10.9 Å². The SMILES string of the molecule is COCc1nc2cc(C#Cc3cccc(C)c3)ccc2c(=O)n1C. The molecule has 0 aliphatic rings. The summed E-state index contributed by atoms with van der Waals surface area (Å²) < 4.78 is 6.63. The molecule has 2 aromatic carbocycles. The molecule has 0 bridgehead atoms. The summed E-state index contributed by atoms with van der Waals surface area (Å²) >= 11 is 0. The van der Waals surface area contributed by atoms with Crippen molar-refractivity contribution in [3.8, 4) is 11.8 Å². The highest BCUT2D eigenvalue weighted by atomic mass is 16.5. The third-order valence-electron chi connectivity index (χ3n) is 3.81. The standard InChI is InChI=1S/C20H18N2O2/c1-14-5-4-6-15(11-14)7-8-16-9-10-17-18(12-16)21-19(13-24-3)22(2)20(17)23/h4-6,9-12H,13H2,1-3H3. The molecule has 0 unspecified atom stereocenters. The van der Waals surface area contributed by atoms with Crippen LogP contribution in [-0.4, -0.2) is 16.7 Å². The monoisotopic (exact) mass is 318 g/mol. The summed E-state index contributed by atoms with van der Waals surface area (Å²) in [6.07, 6.45) is 0. The van der Waals surface area contributed by atoms with E-state index in [9.17, 15) is 4.79 Å². The van der Waals surface area contributed by atoms with E-state index in [1.165, 1.54) is 10.1 Å². The van der Waals surface area contributed by atoms with Crippen LogP contribution in [0.2, 0.25) is 0 Å². The van der Waals surface area contributed by atoms with Gasteiger partial charge in [0.05, 0.1) is 10.9 Å². The zero-order chi connectivity index (χ0) is 17.1. The van der Waals surface area contributed by atoms with Gasteiger partial charge >= 0.3 is 0 Å². The molecule has 0 saturated carbocycles. The van der Waals surface area contributed by atoms with Gasteiger partial charge in [0, 0.05) is 25.3 Å². The van der Waals surface area contributed by atoms with Gasteiger partial charge in [0.25, 0.3) is 5.56 Å². The number of ether oxygens (including phenoxy) is 1. The molecule has 4 heteroatoms. The normalized spacial score (nSPS) is 10.5. The van der Waals surface area contributed by atoms with Gasteiger partial charge in [-0.15, -0.1) is 0 Å². The predicted molar refractivity (Wildman–Crippen MR) is 94.9 cm³/mol. The van der Waals surface area contributed by atoms with Crippen LogP contribution in [0.1, 0.15) is 22.5 Å². The lowest BCUT2D eigenvalue weighted by Gasteiger charge is -2.08. The van der Waals surface area contributed by atoms with Crippen LogP contribution < -0.4 is 5.56 Å². The fourth-order valence-corrected chi connectivity index (χ4v) is 2.52. The van der Waals surface area contributed by atoms with Crippen molar-refractivity contribution in [2.24, 2.45) is 7.05 Å². The van der Waals surface area contributed by atoms with Gasteiger partial charge in [0.1, 0.15) is 12.4 Å². The van der Waals surface area contributed by atoms with Crippen molar-refractivity contribution in [1.82, 2.24) is 9.55 Å². The van der Waals surface area contributed by atoms with Gasteiger partial charge in [-0.25, -0.2) is 4.98 Å². The lowest BCUT2D eigenvalue weighted by molar-refractivity contribution is 0.174. The molecule has 0 radical (unpaired) electrons. The Morgan fingerprint density at radius 3 is 2.58 bits per heavy atom. The highest BCUT2D eigenvalue weighted by molar-refractivity contribution is 5.79. The number of fused-ring (bicyclic) bond motifs is 1. The number of hydrogen-bond acceptors (Lipinski definition) is 3. The molecular weight excluding hydrogens is 300 g/mol. The number of aromatic nitrogens is 2. The summed E-state index contributed by atoms with van der Waals surface area (Å²) in [6, 6.07) is 13.5. The smallest absolute Gasteiger partial charge is 0.261 e. The molecule has 1 aromatic heterocycles. The number of aryl methyl sites for hydroxylation is 1. The third-order valence-corrected chi connectivity index (χ3v) is 3.81. The molecule has 0 amide bonds. The van der Waals surface area contributed by atoms with Gasteiger partial charge in [-0.05, 0) is 42.8 Å². The molecule has 3 rings (SSSR count). The Kier molecular flexibility index (Phi) is 4.45. The minimum atomic E-state index is -0.0785. The predicted octanol–water partition coefficient (Wildman–Crippen LogP) is 2.79. The maximum Gasteiger partial charge on any atom is 0.261 e. The lowest BCUT2D eigenvalue weighted by atomic mass is 10.1. The average Bonchev–Trinajstić information content (AvgIpc) is 2.58. The molecule has 3 aromatic rings. The first kappa shape index (κ1) is 16.0. The molecule has 0 N–H and O–H groups in total. The van der Waals surface area contributed by atoms with Gasteiger partial charge < -0.3 is 4.74 Å². The van der Waals surface area contributed by atoms with Crippen LogP contribution in [0, 0.1) is 18.8 Å². The van der Waals surface area contributed by atoms with E-state index in [0.29, 0.717) is 23.3 Å². The topological polar surface area (TPSA) is 44.1 Å². The zero-order valence-corrected chi connectivity index (χ0v) is 14.0. The van der Waals surface area contributed by atoms with Crippen LogP contribution in [0.25, 0.3) is 10.9 Å². The highest BCUT2D eigenvalue weighted by Gasteiger charge is 2.08. The van der Waals surface area contributed by atoms with E-state index >= 15 is 0 Å². The molecule has 24 heavy (non-hydrogen) atoms. The van der Waals surface area contributed by atoms with Crippen molar-refractivity contribution in [1.29, 1.82) is 0 Å². The summed E-state index contributed by atoms with van der Waals surface area (Å²) in [5.74, 6) is 6.88. The van der Waals surface area contributed by atoms with Gasteiger partial charge in [-0.3, -0.25) is 9.36 Å². The molecule has 0 spiro atoms. The maximum absolute atomic E-state index is 12.4. The number of nitrogens with zero attached hydrogens (tertiary/aromatic N) is 2. The Bertz CT molecular complexity index is 1020. The Morgan fingerprint density at radius 2 is 1.88 bits per heavy atom. The highest BCUT2D eigenvalue weighted by Crippen LogP contribution is 2.11. The van der Waals surface area contributed by atoms with Crippen molar-refractivity contribution < 1.29 is 4.74 Å². The van der Waals surface area contributed by atoms with Crippen LogP contribution in [0.15, 0.2) is 47.3 Å². The first-order chi connectivity index (χ1) is 11.6. The van der Waals surface area contributed by atoms with E-state index in [1.54, 1.807) is 20.2 Å². The summed E-state index contributed by atoms with van der Waals surface area (Å²) in [5, 5.41) is 0.582. The molecule has 120 valence electrons. The number of benzene rings is 2. The van der Waals surface area contributed by atoms with E-state index < -0.39 is 0 Å². The lowest BCUT2D eigenvalue weighted by Crippen LogP contribution is -2.22. The van der Waals surface area contributed by atoms with Crippen molar-refractivity contribution in [2.75, 3.05) is 7.11 Å². The molecule has 4 nitrogen and oxygen atoms in total. The van der Waals surface area contributed by atoms with E-state index in [0.717, 1.165) is 11.1 Å². The van der Waals surface area contributed by atoms with Crippen LogP contribution in [0.3, 0.4) is 0 Å². The average molecular weight is 318 g/mol. The second kappa shape index (κ2) is 6.69. The minimum absolute atomic E-state index is 0.0785. The van der Waals surface area contributed by atoms with Crippen LogP contribution in [0.5, 0.6) is 0 Å². The van der Waals surface area contributed by atoms with Crippen molar-refractivity contribution in [3.05, 3.63) is 75.3 Å². The largest absolute Gasteiger partial charge is 0.377 e. The Hall–Kier alpha value is -2.90. The summed E-state index contributed by atoms with van der Waals surface area (Å²) in [6.45, 7) is 2.33. The fourth-order valence-electron chi connectivity index (χ4n) is 2.52. The Morgan fingerprint density at radius 1 is 1.12 bits per heavy atom. The van der Waals surface area contributed by atoms with E-state index in [2.05, 4.69) is 16.8 Å². The van der Waals surface area contributed by atoms with Crippen molar-refractivity contribution in [2.45, 2.75) is 13.5 Å². The van der Waals surface area contributed by atoms with Crippen LogP contribution >= 0.6 is 0 Å². The summed E-state index contributed by atoms with van der Waals surface area (Å²) in [7, 11) is 3.29. The Labute approximate surface area is 140 Å². The zero-order valence-electron chi connectivity index (χ0n) is 14.0. The third kappa shape index (κ3) is 3.22.